The number of carbonyl (C=O) groups excluding carboxylic acids is 1. The summed E-state index contributed by atoms with van der Waals surface area (Å²) in [5.41, 5.74) is 2.09. The molecule has 0 aliphatic carbocycles. The minimum absolute atomic E-state index is 0.137. The van der Waals surface area contributed by atoms with Crippen molar-refractivity contribution in [3.8, 4) is 5.69 Å². The molecule has 0 saturated heterocycles. The largest absolute Gasteiger partial charge is 0.311 e. The highest BCUT2D eigenvalue weighted by molar-refractivity contribution is 6.30. The van der Waals surface area contributed by atoms with Crippen molar-refractivity contribution >= 4 is 34.2 Å². The molecule has 0 radical (unpaired) electrons. The number of aromatic nitrogens is 4. The molecule has 2 aromatic heterocycles. The van der Waals surface area contributed by atoms with Crippen LogP contribution in [-0.4, -0.2) is 25.5 Å². The Kier molecular flexibility index (Phi) is 5.14. The number of halogens is 1. The Labute approximate surface area is 171 Å². The van der Waals surface area contributed by atoms with E-state index in [1.807, 2.05) is 31.2 Å². The van der Waals surface area contributed by atoms with E-state index in [1.165, 1.54) is 6.20 Å². The fourth-order valence-corrected chi connectivity index (χ4v) is 3.33. The zero-order valence-electron chi connectivity index (χ0n) is 15.7. The molecule has 0 unspecified atom stereocenters. The Balaban J connectivity index is 1.52. The van der Waals surface area contributed by atoms with E-state index in [9.17, 15) is 9.59 Å². The van der Waals surface area contributed by atoms with Crippen LogP contribution < -0.4 is 10.7 Å². The van der Waals surface area contributed by atoms with Gasteiger partial charge in [-0.05, 0) is 37.3 Å². The summed E-state index contributed by atoms with van der Waals surface area (Å²) in [5, 5.41) is 12.7. The van der Waals surface area contributed by atoms with Crippen LogP contribution in [-0.2, 0) is 11.3 Å². The quantitative estimate of drug-likeness (QED) is 0.548. The third kappa shape index (κ3) is 4.05. The van der Waals surface area contributed by atoms with Crippen molar-refractivity contribution in [2.45, 2.75) is 19.9 Å². The standard InChI is InChI=1S/C21H18ClN5O2/c1-14-11-20(27(25-14)16-6-4-5-15(22)12-16)24-21(29)9-10-26-18-8-3-2-7-17(18)19(28)13-23-26/h2-8,11-13H,9-10H2,1H3,(H,24,29). The maximum Gasteiger partial charge on any atom is 0.227 e. The average molecular weight is 408 g/mol. The van der Waals surface area contributed by atoms with Crippen molar-refractivity contribution < 1.29 is 4.79 Å². The van der Waals surface area contributed by atoms with Crippen molar-refractivity contribution in [2.24, 2.45) is 0 Å². The van der Waals surface area contributed by atoms with Crippen LogP contribution in [0.4, 0.5) is 5.82 Å². The maximum atomic E-state index is 12.6. The number of rotatable bonds is 5. The van der Waals surface area contributed by atoms with Gasteiger partial charge in [-0.25, -0.2) is 4.68 Å². The van der Waals surface area contributed by atoms with Crippen LogP contribution in [0.15, 0.2) is 65.6 Å². The van der Waals surface area contributed by atoms with E-state index in [-0.39, 0.29) is 17.8 Å². The lowest BCUT2D eigenvalue weighted by molar-refractivity contribution is -0.116. The predicted molar refractivity (Wildman–Crippen MR) is 113 cm³/mol. The van der Waals surface area contributed by atoms with E-state index in [0.717, 1.165) is 11.4 Å². The van der Waals surface area contributed by atoms with E-state index >= 15 is 0 Å². The van der Waals surface area contributed by atoms with Gasteiger partial charge in [0.05, 0.1) is 29.6 Å². The molecule has 4 rings (SSSR count). The normalized spacial score (nSPS) is 11.0. The van der Waals surface area contributed by atoms with Gasteiger partial charge in [-0.2, -0.15) is 10.2 Å². The number of nitrogens with one attached hydrogen (secondary N) is 1. The molecule has 4 aromatic rings. The van der Waals surface area contributed by atoms with Crippen molar-refractivity contribution in [3.63, 3.8) is 0 Å². The van der Waals surface area contributed by atoms with Crippen LogP contribution in [0.25, 0.3) is 16.6 Å². The Hall–Kier alpha value is -3.45. The first-order valence-corrected chi connectivity index (χ1v) is 9.46. The minimum atomic E-state index is -0.183. The summed E-state index contributed by atoms with van der Waals surface area (Å²) in [5.74, 6) is 0.380. The summed E-state index contributed by atoms with van der Waals surface area (Å²) in [6.45, 7) is 2.20. The second kappa shape index (κ2) is 7.89. The summed E-state index contributed by atoms with van der Waals surface area (Å²) >= 11 is 6.08. The molecule has 0 spiro atoms. The Morgan fingerprint density at radius 2 is 1.97 bits per heavy atom. The lowest BCUT2D eigenvalue weighted by atomic mass is 10.2. The van der Waals surface area contributed by atoms with Gasteiger partial charge in [-0.1, -0.05) is 29.8 Å². The third-order valence-electron chi connectivity index (χ3n) is 4.46. The van der Waals surface area contributed by atoms with Gasteiger partial charge >= 0.3 is 0 Å². The van der Waals surface area contributed by atoms with Gasteiger partial charge < -0.3 is 5.32 Å². The number of hydrogen-bond donors (Lipinski definition) is 1. The monoisotopic (exact) mass is 407 g/mol. The fraction of sp³-hybridized carbons (Fsp3) is 0.143. The molecule has 8 heteroatoms. The van der Waals surface area contributed by atoms with E-state index in [4.69, 9.17) is 11.6 Å². The number of amides is 1. The van der Waals surface area contributed by atoms with Gasteiger partial charge in [0.15, 0.2) is 0 Å². The number of aryl methyl sites for hydroxylation is 2. The zero-order valence-corrected chi connectivity index (χ0v) is 16.4. The number of para-hydroxylation sites is 1. The van der Waals surface area contributed by atoms with Crippen LogP contribution in [0.3, 0.4) is 0 Å². The molecule has 0 saturated carbocycles. The fourth-order valence-electron chi connectivity index (χ4n) is 3.15. The number of anilines is 1. The number of fused-ring (bicyclic) bond motifs is 1. The Morgan fingerprint density at radius 3 is 2.79 bits per heavy atom. The average Bonchev–Trinajstić information content (AvgIpc) is 3.08. The number of nitrogens with zero attached hydrogens (tertiary/aromatic N) is 4. The summed E-state index contributed by atoms with van der Waals surface area (Å²) < 4.78 is 3.31. The van der Waals surface area contributed by atoms with Crippen molar-refractivity contribution in [3.05, 3.63) is 81.7 Å². The molecule has 1 N–H and O–H groups in total. The topological polar surface area (TPSA) is 81.8 Å². The molecule has 29 heavy (non-hydrogen) atoms. The molecule has 0 aliphatic rings. The van der Waals surface area contributed by atoms with Gasteiger partial charge in [0, 0.05) is 22.9 Å². The van der Waals surface area contributed by atoms with E-state index in [1.54, 1.807) is 39.7 Å². The number of benzene rings is 2. The smallest absolute Gasteiger partial charge is 0.227 e. The highest BCUT2D eigenvalue weighted by Gasteiger charge is 2.12. The first kappa shape index (κ1) is 18.9. The second-order valence-corrected chi connectivity index (χ2v) is 7.05. The Bertz CT molecular complexity index is 1260. The molecule has 0 atom stereocenters. The van der Waals surface area contributed by atoms with Gasteiger partial charge in [0.25, 0.3) is 0 Å². The molecular weight excluding hydrogens is 390 g/mol. The van der Waals surface area contributed by atoms with Crippen molar-refractivity contribution in [1.82, 2.24) is 19.6 Å². The molecule has 0 aliphatic heterocycles. The van der Waals surface area contributed by atoms with Gasteiger partial charge in [0.1, 0.15) is 5.82 Å². The van der Waals surface area contributed by atoms with E-state index in [0.29, 0.717) is 28.3 Å². The highest BCUT2D eigenvalue weighted by Crippen LogP contribution is 2.20. The summed E-state index contributed by atoms with van der Waals surface area (Å²) in [6.07, 6.45) is 1.47. The van der Waals surface area contributed by atoms with Crippen molar-refractivity contribution in [1.29, 1.82) is 0 Å². The second-order valence-electron chi connectivity index (χ2n) is 6.61. The molecule has 2 heterocycles. The summed E-state index contributed by atoms with van der Waals surface area (Å²) in [4.78, 5) is 24.5. The lowest BCUT2D eigenvalue weighted by Gasteiger charge is -2.11. The molecule has 1 amide bonds. The first-order valence-electron chi connectivity index (χ1n) is 9.08. The molecule has 7 nitrogen and oxygen atoms in total. The SMILES string of the molecule is Cc1cc(NC(=O)CCn2ncc(=O)c3ccccc32)n(-c2cccc(Cl)c2)n1. The van der Waals surface area contributed by atoms with Crippen molar-refractivity contribution in [2.75, 3.05) is 5.32 Å². The van der Waals surface area contributed by atoms with Crippen LogP contribution in [0.5, 0.6) is 0 Å². The number of hydrogen-bond acceptors (Lipinski definition) is 4. The van der Waals surface area contributed by atoms with Crippen LogP contribution in [0, 0.1) is 6.92 Å². The van der Waals surface area contributed by atoms with Crippen LogP contribution >= 0.6 is 11.6 Å². The molecular formula is C21H18ClN5O2. The van der Waals surface area contributed by atoms with E-state index < -0.39 is 0 Å². The Morgan fingerprint density at radius 1 is 1.14 bits per heavy atom. The molecule has 2 aromatic carbocycles. The molecule has 0 fully saturated rings. The number of carbonyl (C=O) groups is 1. The zero-order chi connectivity index (χ0) is 20.4. The van der Waals surface area contributed by atoms with Crippen LogP contribution in [0.1, 0.15) is 12.1 Å². The summed E-state index contributed by atoms with van der Waals surface area (Å²) in [7, 11) is 0. The highest BCUT2D eigenvalue weighted by atomic mass is 35.5. The van der Waals surface area contributed by atoms with Crippen LogP contribution in [0.2, 0.25) is 5.02 Å². The van der Waals surface area contributed by atoms with Gasteiger partial charge in [-0.3, -0.25) is 14.3 Å². The predicted octanol–water partition coefficient (Wildman–Crippen LogP) is 3.57. The lowest BCUT2D eigenvalue weighted by Crippen LogP contribution is -2.19. The van der Waals surface area contributed by atoms with E-state index in [2.05, 4.69) is 15.5 Å². The van der Waals surface area contributed by atoms with Gasteiger partial charge in [0.2, 0.25) is 11.3 Å². The minimum Gasteiger partial charge on any atom is -0.311 e. The first-order chi connectivity index (χ1) is 14.0. The molecule has 146 valence electrons. The van der Waals surface area contributed by atoms with Gasteiger partial charge in [-0.15, -0.1) is 0 Å². The maximum absolute atomic E-state index is 12.6. The summed E-state index contributed by atoms with van der Waals surface area (Å²) in [6, 6.07) is 16.3. The third-order valence-corrected chi connectivity index (χ3v) is 4.70. The molecule has 0 bridgehead atoms.